The number of benzene rings is 1. The highest BCUT2D eigenvalue weighted by Crippen LogP contribution is 2.30. The van der Waals surface area contributed by atoms with E-state index in [0.29, 0.717) is 24.1 Å². The van der Waals surface area contributed by atoms with Crippen molar-refractivity contribution < 1.29 is 9.47 Å². The highest BCUT2D eigenvalue weighted by atomic mass is 32.1. The number of hydrogen-bond donors (Lipinski definition) is 2. The number of aliphatic imine (C=N–C) groups is 1. The van der Waals surface area contributed by atoms with Gasteiger partial charge in [-0.1, -0.05) is 0 Å². The van der Waals surface area contributed by atoms with Crippen molar-refractivity contribution in [3.8, 4) is 11.5 Å². The van der Waals surface area contributed by atoms with Crippen molar-refractivity contribution in [1.82, 2.24) is 10.3 Å². The van der Waals surface area contributed by atoms with Crippen molar-refractivity contribution in [2.24, 2.45) is 4.99 Å². The van der Waals surface area contributed by atoms with Crippen molar-refractivity contribution in [3.63, 3.8) is 0 Å². The van der Waals surface area contributed by atoms with Gasteiger partial charge >= 0.3 is 0 Å². The van der Waals surface area contributed by atoms with Crippen LogP contribution in [-0.2, 0) is 6.42 Å². The van der Waals surface area contributed by atoms with Gasteiger partial charge in [-0.15, -0.1) is 11.3 Å². The molecule has 0 bridgehead atoms. The van der Waals surface area contributed by atoms with Crippen LogP contribution in [0.15, 0.2) is 29.4 Å². The van der Waals surface area contributed by atoms with Crippen LogP contribution < -0.4 is 20.1 Å². The summed E-state index contributed by atoms with van der Waals surface area (Å²) in [5, 5.41) is 7.67. The summed E-state index contributed by atoms with van der Waals surface area (Å²) in [6.07, 6.45) is 2.77. The zero-order valence-corrected chi connectivity index (χ0v) is 15.4. The van der Waals surface area contributed by atoms with Gasteiger partial charge in [-0.05, 0) is 26.0 Å². The third kappa shape index (κ3) is 5.13. The molecule has 0 aliphatic rings. The molecular formula is C17H24N4O2S. The first kappa shape index (κ1) is 18.1. The van der Waals surface area contributed by atoms with E-state index in [9.17, 15) is 0 Å². The zero-order valence-electron chi connectivity index (χ0n) is 14.5. The van der Waals surface area contributed by atoms with Gasteiger partial charge in [-0.3, -0.25) is 4.99 Å². The number of nitrogens with one attached hydrogen (secondary N) is 2. The molecule has 0 radical (unpaired) electrons. The molecule has 0 atom stereocenters. The zero-order chi connectivity index (χ0) is 17.4. The molecule has 0 fully saturated rings. The van der Waals surface area contributed by atoms with Gasteiger partial charge in [0, 0.05) is 42.8 Å². The summed E-state index contributed by atoms with van der Waals surface area (Å²) in [6.45, 7) is 5.36. The lowest BCUT2D eigenvalue weighted by atomic mass is 10.2. The normalized spacial score (nSPS) is 11.2. The van der Waals surface area contributed by atoms with Crippen LogP contribution in [0.3, 0.4) is 0 Å². The Bertz CT molecular complexity index is 685. The SMILES string of the molecule is CCOc1cc(NC(=NC)NCCc2ncc(C)s2)ccc1OC. The molecular weight excluding hydrogens is 324 g/mol. The predicted octanol–water partition coefficient (Wildman–Crippen LogP) is 3.09. The average Bonchev–Trinajstić information content (AvgIpc) is 3.00. The lowest BCUT2D eigenvalue weighted by Gasteiger charge is -2.14. The highest BCUT2D eigenvalue weighted by molar-refractivity contribution is 7.11. The number of thiazole rings is 1. The first-order valence-electron chi connectivity index (χ1n) is 7.86. The first-order valence-corrected chi connectivity index (χ1v) is 8.67. The molecule has 2 N–H and O–H groups in total. The van der Waals surface area contributed by atoms with E-state index < -0.39 is 0 Å². The molecule has 0 saturated heterocycles. The Morgan fingerprint density at radius 3 is 2.79 bits per heavy atom. The van der Waals surface area contributed by atoms with Gasteiger partial charge in [-0.2, -0.15) is 0 Å². The van der Waals surface area contributed by atoms with E-state index in [1.165, 1.54) is 4.88 Å². The second kappa shape index (κ2) is 9.12. The standard InChI is InChI=1S/C17H24N4O2S/c1-5-23-15-10-13(6-7-14(15)22-4)21-17(18-3)19-9-8-16-20-11-12(2)24-16/h6-7,10-11H,5,8-9H2,1-4H3,(H2,18,19,21). The fourth-order valence-electron chi connectivity index (χ4n) is 2.14. The number of methoxy groups -OCH3 is 1. The minimum absolute atomic E-state index is 0.583. The summed E-state index contributed by atoms with van der Waals surface area (Å²) < 4.78 is 10.9. The fourth-order valence-corrected chi connectivity index (χ4v) is 2.93. The van der Waals surface area contributed by atoms with E-state index in [4.69, 9.17) is 9.47 Å². The molecule has 2 aromatic rings. The number of guanidine groups is 1. The minimum atomic E-state index is 0.583. The lowest BCUT2D eigenvalue weighted by molar-refractivity contribution is 0.311. The number of ether oxygens (including phenoxy) is 2. The maximum Gasteiger partial charge on any atom is 0.195 e. The van der Waals surface area contributed by atoms with Gasteiger partial charge in [0.05, 0.1) is 18.7 Å². The van der Waals surface area contributed by atoms with E-state index >= 15 is 0 Å². The van der Waals surface area contributed by atoms with E-state index in [-0.39, 0.29) is 0 Å². The fraction of sp³-hybridized carbons (Fsp3) is 0.412. The van der Waals surface area contributed by atoms with Gasteiger partial charge in [0.25, 0.3) is 0 Å². The molecule has 0 aliphatic carbocycles. The quantitative estimate of drug-likeness (QED) is 0.594. The Kier molecular flexibility index (Phi) is 6.87. The van der Waals surface area contributed by atoms with Crippen LogP contribution >= 0.6 is 11.3 Å². The highest BCUT2D eigenvalue weighted by Gasteiger charge is 2.07. The first-order chi connectivity index (χ1) is 11.7. The number of hydrogen-bond acceptors (Lipinski definition) is 5. The Hall–Kier alpha value is -2.28. The van der Waals surface area contributed by atoms with Gasteiger partial charge < -0.3 is 20.1 Å². The monoisotopic (exact) mass is 348 g/mol. The molecule has 24 heavy (non-hydrogen) atoms. The van der Waals surface area contributed by atoms with Crippen molar-refractivity contribution in [2.45, 2.75) is 20.3 Å². The Morgan fingerprint density at radius 1 is 1.33 bits per heavy atom. The number of aromatic nitrogens is 1. The van der Waals surface area contributed by atoms with Crippen LogP contribution in [0, 0.1) is 6.92 Å². The second-order valence-corrected chi connectivity index (χ2v) is 6.36. The summed E-state index contributed by atoms with van der Waals surface area (Å²) in [4.78, 5) is 9.84. The van der Waals surface area contributed by atoms with Crippen LogP contribution in [0.4, 0.5) is 5.69 Å². The Morgan fingerprint density at radius 2 is 2.17 bits per heavy atom. The average molecular weight is 348 g/mol. The van der Waals surface area contributed by atoms with Crippen LogP contribution in [0.25, 0.3) is 0 Å². The van der Waals surface area contributed by atoms with Crippen molar-refractivity contribution in [1.29, 1.82) is 0 Å². The molecule has 1 heterocycles. The molecule has 6 nitrogen and oxygen atoms in total. The van der Waals surface area contributed by atoms with Gasteiger partial charge in [0.1, 0.15) is 0 Å². The Labute approximate surface area is 146 Å². The Balaban J connectivity index is 1.93. The number of rotatable bonds is 7. The molecule has 2 rings (SSSR count). The summed E-state index contributed by atoms with van der Waals surface area (Å²) in [5.41, 5.74) is 0.887. The third-order valence-electron chi connectivity index (χ3n) is 3.25. The van der Waals surface area contributed by atoms with Gasteiger partial charge in [0.2, 0.25) is 0 Å². The van der Waals surface area contributed by atoms with E-state index in [1.807, 2.05) is 31.3 Å². The molecule has 1 aromatic carbocycles. The van der Waals surface area contributed by atoms with Crippen molar-refractivity contribution >= 4 is 23.0 Å². The molecule has 0 amide bonds. The van der Waals surface area contributed by atoms with Crippen molar-refractivity contribution in [3.05, 3.63) is 34.3 Å². The predicted molar refractivity (Wildman–Crippen MR) is 99.7 cm³/mol. The lowest BCUT2D eigenvalue weighted by Crippen LogP contribution is -2.32. The number of anilines is 1. The summed E-state index contributed by atoms with van der Waals surface area (Å²) in [7, 11) is 3.38. The third-order valence-corrected chi connectivity index (χ3v) is 4.22. The topological polar surface area (TPSA) is 67.8 Å². The molecule has 0 saturated carbocycles. The molecule has 0 spiro atoms. The van der Waals surface area contributed by atoms with Crippen LogP contribution in [0.2, 0.25) is 0 Å². The smallest absolute Gasteiger partial charge is 0.195 e. The largest absolute Gasteiger partial charge is 0.493 e. The summed E-state index contributed by atoms with van der Waals surface area (Å²) >= 11 is 1.72. The molecule has 1 aromatic heterocycles. The molecule has 7 heteroatoms. The summed E-state index contributed by atoms with van der Waals surface area (Å²) in [6, 6.07) is 5.71. The van der Waals surface area contributed by atoms with E-state index in [2.05, 4.69) is 27.5 Å². The maximum absolute atomic E-state index is 5.59. The number of aryl methyl sites for hydroxylation is 1. The van der Waals surface area contributed by atoms with Crippen LogP contribution in [-0.4, -0.2) is 38.3 Å². The van der Waals surface area contributed by atoms with E-state index in [0.717, 1.165) is 23.7 Å². The molecule has 130 valence electrons. The van der Waals surface area contributed by atoms with Gasteiger partial charge in [0.15, 0.2) is 17.5 Å². The number of nitrogens with zero attached hydrogens (tertiary/aromatic N) is 2. The van der Waals surface area contributed by atoms with Gasteiger partial charge in [-0.25, -0.2) is 4.98 Å². The maximum atomic E-state index is 5.59. The minimum Gasteiger partial charge on any atom is -0.493 e. The second-order valence-electron chi connectivity index (χ2n) is 5.04. The van der Waals surface area contributed by atoms with Crippen LogP contribution in [0.5, 0.6) is 11.5 Å². The van der Waals surface area contributed by atoms with Crippen LogP contribution in [0.1, 0.15) is 16.8 Å². The molecule has 0 aliphatic heterocycles. The molecule has 0 unspecified atom stereocenters. The van der Waals surface area contributed by atoms with Crippen molar-refractivity contribution in [2.75, 3.05) is 32.6 Å². The van der Waals surface area contributed by atoms with E-state index in [1.54, 1.807) is 25.5 Å². The summed E-state index contributed by atoms with van der Waals surface area (Å²) in [5.74, 6) is 2.12.